The first-order valence-corrected chi connectivity index (χ1v) is 11.9. The Morgan fingerprint density at radius 2 is 1.35 bits per heavy atom. The van der Waals surface area contributed by atoms with E-state index in [1.807, 2.05) is 27.7 Å². The van der Waals surface area contributed by atoms with Gasteiger partial charge in [0.1, 0.15) is 21.6 Å². The first-order valence-electron chi connectivity index (χ1n) is 9.33. The highest BCUT2D eigenvalue weighted by atomic mass is 32.2. The van der Waals surface area contributed by atoms with Crippen LogP contribution in [0.25, 0.3) is 0 Å². The Hall–Kier alpha value is -0.800. The summed E-state index contributed by atoms with van der Waals surface area (Å²) in [7, 11) is -2.61. The molecule has 0 radical (unpaired) electrons. The number of hydrogen-bond acceptors (Lipinski definition) is 5. The van der Waals surface area contributed by atoms with Crippen LogP contribution in [0.15, 0.2) is 0 Å². The number of amides is 2. The van der Waals surface area contributed by atoms with Crippen LogP contribution in [0.3, 0.4) is 0 Å². The fourth-order valence-electron chi connectivity index (χ4n) is 2.33. The van der Waals surface area contributed by atoms with Crippen molar-refractivity contribution in [3.63, 3.8) is 0 Å². The fourth-order valence-corrected chi connectivity index (χ4v) is 5.00. The highest BCUT2D eigenvalue weighted by Crippen LogP contribution is 2.27. The summed E-state index contributed by atoms with van der Waals surface area (Å²) < 4.78 is 27.9. The van der Waals surface area contributed by atoms with Crippen molar-refractivity contribution in [2.45, 2.75) is 45.8 Å². The third-order valence-electron chi connectivity index (χ3n) is 4.33. The second-order valence-corrected chi connectivity index (χ2v) is 9.27. The summed E-state index contributed by atoms with van der Waals surface area (Å²) in [6.07, 6.45) is 1.92. The number of rotatable bonds is 7. The van der Waals surface area contributed by atoms with Gasteiger partial charge in [-0.05, 0) is 40.5 Å². The predicted octanol–water partition coefficient (Wildman–Crippen LogP) is 2.20. The van der Waals surface area contributed by atoms with Gasteiger partial charge in [-0.1, -0.05) is 0 Å². The van der Waals surface area contributed by atoms with E-state index >= 15 is 0 Å². The maximum absolute atomic E-state index is 11.6. The summed E-state index contributed by atoms with van der Waals surface area (Å²) in [4.78, 5) is 26.2. The average molecular weight is 409 g/mol. The first-order chi connectivity index (χ1) is 12.4. The monoisotopic (exact) mass is 408 g/mol. The van der Waals surface area contributed by atoms with E-state index in [4.69, 9.17) is 4.74 Å². The molecule has 2 unspecified atom stereocenters. The second kappa shape index (κ2) is 11.8. The van der Waals surface area contributed by atoms with E-state index in [-0.39, 0.29) is 15.7 Å². The number of ether oxygens (including phenoxy) is 1. The van der Waals surface area contributed by atoms with Gasteiger partial charge in [-0.25, -0.2) is 8.42 Å². The van der Waals surface area contributed by atoms with Crippen LogP contribution in [0, 0.1) is 5.92 Å². The van der Waals surface area contributed by atoms with Gasteiger partial charge in [-0.2, -0.15) is 0 Å². The largest absolute Gasteiger partial charge is 0.381 e. The van der Waals surface area contributed by atoms with Crippen LogP contribution in [-0.2, 0) is 26.3 Å². The van der Waals surface area contributed by atoms with E-state index in [0.717, 1.165) is 12.8 Å². The SMILES string of the molecule is CCN(CC)C(=O)S(=O)C1CC1.CCN(CC)C(=O)S(=O)CC1COC1. The van der Waals surface area contributed by atoms with Gasteiger partial charge >= 0.3 is 10.5 Å². The minimum atomic E-state index is -1.37. The number of carbonyl (C=O) groups is 2. The molecule has 0 spiro atoms. The van der Waals surface area contributed by atoms with Gasteiger partial charge in [-0.3, -0.25) is 9.59 Å². The molecule has 1 aliphatic carbocycles. The van der Waals surface area contributed by atoms with Gasteiger partial charge in [0, 0.05) is 43.1 Å². The minimum Gasteiger partial charge on any atom is -0.381 e. The molecule has 152 valence electrons. The maximum atomic E-state index is 11.6. The summed E-state index contributed by atoms with van der Waals surface area (Å²) in [5.74, 6) is 0.769. The summed E-state index contributed by atoms with van der Waals surface area (Å²) >= 11 is 0. The van der Waals surface area contributed by atoms with E-state index in [2.05, 4.69) is 0 Å². The van der Waals surface area contributed by atoms with Gasteiger partial charge in [0.05, 0.1) is 13.2 Å². The molecule has 0 bridgehead atoms. The summed E-state index contributed by atoms with van der Waals surface area (Å²) in [5.41, 5.74) is 0. The molecule has 7 nitrogen and oxygen atoms in total. The quantitative estimate of drug-likeness (QED) is 0.645. The van der Waals surface area contributed by atoms with Gasteiger partial charge in [-0.15, -0.1) is 0 Å². The molecule has 26 heavy (non-hydrogen) atoms. The van der Waals surface area contributed by atoms with Gasteiger partial charge in [0.25, 0.3) is 0 Å². The molecule has 2 amide bonds. The first kappa shape index (κ1) is 23.2. The Bertz CT molecular complexity index is 513. The molecule has 0 aromatic heterocycles. The standard InChI is InChI=1S/C9H17NO3S.C8H15NO2S/c1-3-10(4-2)9(11)14(12)7-8-5-13-6-8;1-3-9(4-2)8(10)12(11)7-5-6-7/h8H,3-7H2,1-2H3;7H,3-6H2,1-2H3. The Kier molecular flexibility index (Phi) is 10.6. The molecule has 1 saturated carbocycles. The van der Waals surface area contributed by atoms with E-state index in [9.17, 15) is 18.0 Å². The van der Waals surface area contributed by atoms with Crippen molar-refractivity contribution in [3.05, 3.63) is 0 Å². The zero-order valence-electron chi connectivity index (χ0n) is 16.3. The Labute approximate surface area is 161 Å². The van der Waals surface area contributed by atoms with Crippen molar-refractivity contribution >= 4 is 32.1 Å². The Morgan fingerprint density at radius 1 is 0.885 bits per heavy atom. The number of carbonyl (C=O) groups excluding carboxylic acids is 2. The second-order valence-electron chi connectivity index (χ2n) is 6.29. The summed E-state index contributed by atoms with van der Waals surface area (Å²) in [5, 5.41) is -0.248. The molecule has 2 rings (SSSR count). The van der Waals surface area contributed by atoms with Crippen molar-refractivity contribution < 1.29 is 22.7 Å². The minimum absolute atomic E-state index is 0.165. The predicted molar refractivity (Wildman–Crippen MR) is 105 cm³/mol. The lowest BCUT2D eigenvalue weighted by atomic mass is 10.1. The molecule has 1 heterocycles. The molecule has 2 aliphatic rings. The van der Waals surface area contributed by atoms with E-state index < -0.39 is 21.6 Å². The zero-order valence-corrected chi connectivity index (χ0v) is 17.9. The number of nitrogens with zero attached hydrogens (tertiary/aromatic N) is 2. The van der Waals surface area contributed by atoms with Crippen LogP contribution in [0.2, 0.25) is 0 Å². The highest BCUT2D eigenvalue weighted by Gasteiger charge is 2.34. The lowest BCUT2D eigenvalue weighted by molar-refractivity contribution is -0.0200. The van der Waals surface area contributed by atoms with Gasteiger partial charge in [0.2, 0.25) is 0 Å². The van der Waals surface area contributed by atoms with Gasteiger partial charge < -0.3 is 14.5 Å². The van der Waals surface area contributed by atoms with E-state index in [1.165, 1.54) is 0 Å². The van der Waals surface area contributed by atoms with Crippen molar-refractivity contribution in [2.75, 3.05) is 45.1 Å². The zero-order chi connectivity index (χ0) is 19.7. The summed E-state index contributed by atoms with van der Waals surface area (Å²) in [6, 6.07) is 0. The van der Waals surface area contributed by atoms with Crippen LogP contribution in [0.4, 0.5) is 9.59 Å². The fraction of sp³-hybridized carbons (Fsp3) is 0.882. The van der Waals surface area contributed by atoms with Crippen molar-refractivity contribution in [1.29, 1.82) is 0 Å². The molecule has 2 atom stereocenters. The van der Waals surface area contributed by atoms with Crippen LogP contribution in [-0.4, -0.2) is 79.1 Å². The van der Waals surface area contributed by atoms with Crippen molar-refractivity contribution in [1.82, 2.24) is 9.80 Å². The van der Waals surface area contributed by atoms with E-state index in [0.29, 0.717) is 51.1 Å². The maximum Gasteiger partial charge on any atom is 0.312 e. The molecule has 0 aromatic rings. The lowest BCUT2D eigenvalue weighted by Gasteiger charge is -2.26. The van der Waals surface area contributed by atoms with Crippen molar-refractivity contribution in [3.8, 4) is 0 Å². The van der Waals surface area contributed by atoms with Crippen LogP contribution in [0.1, 0.15) is 40.5 Å². The topological polar surface area (TPSA) is 84.0 Å². The van der Waals surface area contributed by atoms with Crippen LogP contribution >= 0.6 is 0 Å². The van der Waals surface area contributed by atoms with Crippen LogP contribution < -0.4 is 0 Å². The average Bonchev–Trinajstić information content (AvgIpc) is 3.44. The summed E-state index contributed by atoms with van der Waals surface area (Å²) in [6.45, 7) is 11.5. The number of hydrogen-bond donors (Lipinski definition) is 0. The van der Waals surface area contributed by atoms with E-state index in [1.54, 1.807) is 9.80 Å². The molecular weight excluding hydrogens is 376 g/mol. The normalized spacial score (nSPS) is 18.8. The Morgan fingerprint density at radius 3 is 1.69 bits per heavy atom. The molecular formula is C17H32N2O5S2. The molecule has 9 heteroatoms. The third-order valence-corrected chi connectivity index (χ3v) is 7.43. The third kappa shape index (κ3) is 7.08. The molecule has 2 fully saturated rings. The highest BCUT2D eigenvalue weighted by molar-refractivity contribution is 8.01. The van der Waals surface area contributed by atoms with Crippen molar-refractivity contribution in [2.24, 2.45) is 5.92 Å². The molecule has 0 N–H and O–H groups in total. The lowest BCUT2D eigenvalue weighted by Crippen LogP contribution is -2.38. The van der Waals surface area contributed by atoms with Gasteiger partial charge in [0.15, 0.2) is 0 Å². The smallest absolute Gasteiger partial charge is 0.312 e. The van der Waals surface area contributed by atoms with Crippen LogP contribution in [0.5, 0.6) is 0 Å². The molecule has 1 saturated heterocycles. The molecule has 1 aliphatic heterocycles. The Balaban J connectivity index is 0.000000263. The molecule has 0 aromatic carbocycles.